The number of esters is 2. The molecule has 0 spiro atoms. The molecule has 0 heterocycles. The summed E-state index contributed by atoms with van der Waals surface area (Å²) >= 11 is 6.01. The predicted octanol–water partition coefficient (Wildman–Crippen LogP) is 2.27. The Morgan fingerprint density at radius 3 is 2.25 bits per heavy atom. The van der Waals surface area contributed by atoms with E-state index in [1.807, 2.05) is 13.0 Å². The molecule has 0 radical (unpaired) electrons. The van der Waals surface area contributed by atoms with Crippen LogP contribution in [0.3, 0.4) is 0 Å². The number of nitrogens with one attached hydrogen (secondary N) is 1. The third-order valence-corrected chi connectivity index (χ3v) is 3.36. The van der Waals surface area contributed by atoms with Gasteiger partial charge in [-0.05, 0) is 44.0 Å². The summed E-state index contributed by atoms with van der Waals surface area (Å²) in [5, 5.41) is 2.85. The number of rotatable bonds is 7. The average Bonchev–Trinajstić information content (AvgIpc) is 2.54. The number of carbonyl (C=O) groups excluding carboxylic acids is 3. The highest BCUT2D eigenvalue weighted by Crippen LogP contribution is 2.17. The van der Waals surface area contributed by atoms with Gasteiger partial charge < -0.3 is 14.8 Å². The van der Waals surface area contributed by atoms with Crippen molar-refractivity contribution in [2.75, 3.05) is 13.2 Å². The number of amides is 1. The fourth-order valence-corrected chi connectivity index (χ4v) is 1.93. The average molecular weight is 354 g/mol. The van der Waals surface area contributed by atoms with E-state index in [-0.39, 0.29) is 13.2 Å². The van der Waals surface area contributed by atoms with Crippen molar-refractivity contribution in [3.8, 4) is 0 Å². The first-order valence-corrected chi connectivity index (χ1v) is 7.84. The first-order valence-electron chi connectivity index (χ1n) is 7.47. The Labute approximate surface area is 145 Å². The molecule has 6 nitrogen and oxygen atoms in total. The van der Waals surface area contributed by atoms with Crippen LogP contribution in [0.2, 0.25) is 5.02 Å². The molecule has 1 aromatic rings. The number of ether oxygens (including phenoxy) is 2. The molecule has 0 aliphatic carbocycles. The zero-order valence-corrected chi connectivity index (χ0v) is 14.6. The van der Waals surface area contributed by atoms with Crippen molar-refractivity contribution in [2.45, 2.75) is 26.8 Å². The maximum Gasteiger partial charge on any atom is 0.340 e. The summed E-state index contributed by atoms with van der Waals surface area (Å²) < 4.78 is 9.54. The van der Waals surface area contributed by atoms with E-state index in [2.05, 4.69) is 5.32 Å². The lowest BCUT2D eigenvalue weighted by Gasteiger charge is -2.14. The van der Waals surface area contributed by atoms with Crippen LogP contribution >= 0.6 is 11.6 Å². The number of hydrogen-bond acceptors (Lipinski definition) is 5. The van der Waals surface area contributed by atoms with Gasteiger partial charge in [-0.3, -0.25) is 4.79 Å². The normalized spacial score (nSPS) is 10.7. The van der Waals surface area contributed by atoms with Gasteiger partial charge in [0.25, 0.3) is 0 Å². The molecule has 0 unspecified atom stereocenters. The van der Waals surface area contributed by atoms with Gasteiger partial charge in [0.15, 0.2) is 0 Å². The van der Waals surface area contributed by atoms with Crippen molar-refractivity contribution in [3.05, 3.63) is 40.4 Å². The summed E-state index contributed by atoms with van der Waals surface area (Å²) in [6, 6.07) is 3.82. The third-order valence-electron chi connectivity index (χ3n) is 2.95. The number of benzene rings is 1. The first-order chi connectivity index (χ1) is 11.4. The summed E-state index contributed by atoms with van der Waals surface area (Å²) in [7, 11) is 0. The lowest BCUT2D eigenvalue weighted by Crippen LogP contribution is -2.47. The van der Waals surface area contributed by atoms with Crippen LogP contribution in [0.25, 0.3) is 6.08 Å². The lowest BCUT2D eigenvalue weighted by molar-refractivity contribution is -0.159. The number of carbonyl (C=O) groups is 3. The molecule has 7 heteroatoms. The Bertz CT molecular complexity index is 624. The first kappa shape index (κ1) is 19.7. The second-order valence-corrected chi connectivity index (χ2v) is 5.19. The van der Waals surface area contributed by atoms with Gasteiger partial charge in [-0.2, -0.15) is 0 Å². The van der Waals surface area contributed by atoms with Crippen LogP contribution < -0.4 is 5.32 Å². The molecule has 24 heavy (non-hydrogen) atoms. The van der Waals surface area contributed by atoms with Crippen LogP contribution in [0.15, 0.2) is 24.3 Å². The fraction of sp³-hybridized carbons (Fsp3) is 0.353. The van der Waals surface area contributed by atoms with E-state index in [4.69, 9.17) is 21.1 Å². The highest BCUT2D eigenvalue weighted by atomic mass is 35.5. The molecular formula is C17H20ClNO5. The highest BCUT2D eigenvalue weighted by Gasteiger charge is 2.30. The molecule has 0 saturated carbocycles. The Morgan fingerprint density at radius 1 is 1.17 bits per heavy atom. The van der Waals surface area contributed by atoms with E-state index < -0.39 is 23.9 Å². The smallest absolute Gasteiger partial charge is 0.340 e. The van der Waals surface area contributed by atoms with Crippen molar-refractivity contribution in [1.82, 2.24) is 5.32 Å². The molecule has 1 rings (SSSR count). The van der Waals surface area contributed by atoms with E-state index in [1.54, 1.807) is 26.0 Å². The summed E-state index contributed by atoms with van der Waals surface area (Å²) in [6.45, 7) is 5.24. The maximum absolute atomic E-state index is 11.9. The summed E-state index contributed by atoms with van der Waals surface area (Å²) in [5.41, 5.74) is 1.63. The molecule has 0 fully saturated rings. The second-order valence-electron chi connectivity index (χ2n) is 4.79. The van der Waals surface area contributed by atoms with Gasteiger partial charge in [0.05, 0.1) is 13.2 Å². The molecule has 1 amide bonds. The zero-order chi connectivity index (χ0) is 18.1. The molecule has 1 aromatic carbocycles. The molecule has 0 aliphatic rings. The Hall–Kier alpha value is -2.34. The third kappa shape index (κ3) is 6.04. The van der Waals surface area contributed by atoms with Crippen LogP contribution in [0, 0.1) is 6.92 Å². The van der Waals surface area contributed by atoms with Gasteiger partial charge >= 0.3 is 11.9 Å². The molecule has 1 N–H and O–H groups in total. The topological polar surface area (TPSA) is 81.7 Å². The van der Waals surface area contributed by atoms with Crippen LogP contribution in [0.4, 0.5) is 0 Å². The van der Waals surface area contributed by atoms with Crippen LogP contribution in [0.1, 0.15) is 25.0 Å². The van der Waals surface area contributed by atoms with Crippen molar-refractivity contribution >= 4 is 35.5 Å². The maximum atomic E-state index is 11.9. The molecule has 0 aliphatic heterocycles. The van der Waals surface area contributed by atoms with Gasteiger partial charge in [-0.25, -0.2) is 9.59 Å². The van der Waals surface area contributed by atoms with Gasteiger partial charge in [0.1, 0.15) is 0 Å². The van der Waals surface area contributed by atoms with Gasteiger partial charge in [-0.15, -0.1) is 0 Å². The van der Waals surface area contributed by atoms with Crippen LogP contribution in [-0.4, -0.2) is 37.1 Å². The Balaban J connectivity index is 2.79. The summed E-state index contributed by atoms with van der Waals surface area (Å²) in [4.78, 5) is 35.5. The highest BCUT2D eigenvalue weighted by molar-refractivity contribution is 6.31. The number of hydrogen-bond donors (Lipinski definition) is 1. The van der Waals surface area contributed by atoms with Gasteiger partial charge in [0.2, 0.25) is 11.9 Å². The van der Waals surface area contributed by atoms with Crippen molar-refractivity contribution in [1.29, 1.82) is 0 Å². The van der Waals surface area contributed by atoms with Crippen molar-refractivity contribution in [2.24, 2.45) is 0 Å². The van der Waals surface area contributed by atoms with E-state index >= 15 is 0 Å². The van der Waals surface area contributed by atoms with Crippen molar-refractivity contribution in [3.63, 3.8) is 0 Å². The zero-order valence-electron chi connectivity index (χ0n) is 13.8. The van der Waals surface area contributed by atoms with Crippen LogP contribution in [0.5, 0.6) is 0 Å². The SMILES string of the molecule is CCOC(=O)C(NC(=O)/C=C/c1ccc(C)c(Cl)c1)C(=O)OCC. The number of halogens is 1. The Kier molecular flexibility index (Phi) is 7.98. The quantitative estimate of drug-likeness (QED) is 0.462. The molecular weight excluding hydrogens is 334 g/mol. The van der Waals surface area contributed by atoms with E-state index in [9.17, 15) is 14.4 Å². The molecule has 0 atom stereocenters. The Morgan fingerprint density at radius 2 is 1.75 bits per heavy atom. The standard InChI is InChI=1S/C17H20ClNO5/c1-4-23-16(21)15(17(22)24-5-2)19-14(20)9-8-12-7-6-11(3)13(18)10-12/h6-10,15H,4-5H2,1-3H3,(H,19,20)/b9-8+. The molecule has 0 bridgehead atoms. The summed E-state index contributed by atoms with van der Waals surface area (Å²) in [5.74, 6) is -2.36. The fourth-order valence-electron chi connectivity index (χ4n) is 1.74. The summed E-state index contributed by atoms with van der Waals surface area (Å²) in [6.07, 6.45) is 2.72. The monoisotopic (exact) mass is 353 g/mol. The van der Waals surface area contributed by atoms with Crippen LogP contribution in [-0.2, 0) is 23.9 Å². The van der Waals surface area contributed by atoms with Gasteiger partial charge in [-0.1, -0.05) is 23.7 Å². The predicted molar refractivity (Wildman–Crippen MR) is 90.4 cm³/mol. The van der Waals surface area contributed by atoms with E-state index in [1.165, 1.54) is 12.2 Å². The van der Waals surface area contributed by atoms with E-state index in [0.717, 1.165) is 5.56 Å². The van der Waals surface area contributed by atoms with Crippen molar-refractivity contribution < 1.29 is 23.9 Å². The molecule has 0 saturated heterocycles. The minimum Gasteiger partial charge on any atom is -0.464 e. The lowest BCUT2D eigenvalue weighted by atomic mass is 10.1. The minimum absolute atomic E-state index is 0.0856. The molecule has 130 valence electrons. The van der Waals surface area contributed by atoms with E-state index in [0.29, 0.717) is 10.6 Å². The number of aryl methyl sites for hydroxylation is 1. The van der Waals surface area contributed by atoms with Gasteiger partial charge in [0, 0.05) is 11.1 Å². The molecule has 0 aromatic heterocycles. The second kappa shape index (κ2) is 9.72. The minimum atomic E-state index is -1.50. The largest absolute Gasteiger partial charge is 0.464 e.